The van der Waals surface area contributed by atoms with Gasteiger partial charge in [-0.1, -0.05) is 36.4 Å². The second-order valence-electron chi connectivity index (χ2n) is 5.61. The Morgan fingerprint density at radius 3 is 1.96 bits per heavy atom. The molecular formula is C20H16N4S. The lowest BCUT2D eigenvalue weighted by atomic mass is 9.99. The zero-order valence-electron chi connectivity index (χ0n) is 13.4. The van der Waals surface area contributed by atoms with Gasteiger partial charge in [-0.25, -0.2) is 0 Å². The summed E-state index contributed by atoms with van der Waals surface area (Å²) in [6.45, 7) is 0. The third kappa shape index (κ3) is 3.20. The fraction of sp³-hybridized carbons (Fsp3) is 0. The Morgan fingerprint density at radius 2 is 1.32 bits per heavy atom. The highest BCUT2D eigenvalue weighted by atomic mass is 32.2. The monoisotopic (exact) mass is 344 g/mol. The Bertz CT molecular complexity index is 961. The highest BCUT2D eigenvalue weighted by Gasteiger charge is 2.10. The van der Waals surface area contributed by atoms with Gasteiger partial charge in [0.05, 0.1) is 11.9 Å². The molecule has 4 aromatic rings. The number of H-pyrrole nitrogens is 1. The SMILES string of the molecule is NSc1ccc(-c2ccc(-c3cn[nH]c3-c3ccncc3)cc2)cc1. The van der Waals surface area contributed by atoms with Gasteiger partial charge in [-0.2, -0.15) is 5.10 Å². The van der Waals surface area contributed by atoms with Gasteiger partial charge in [0.2, 0.25) is 0 Å². The predicted molar refractivity (Wildman–Crippen MR) is 103 cm³/mol. The van der Waals surface area contributed by atoms with Gasteiger partial charge in [0, 0.05) is 28.4 Å². The highest BCUT2D eigenvalue weighted by Crippen LogP contribution is 2.31. The van der Waals surface area contributed by atoms with E-state index >= 15 is 0 Å². The molecule has 2 aromatic heterocycles. The number of pyridine rings is 1. The van der Waals surface area contributed by atoms with Crippen LogP contribution in [0.2, 0.25) is 0 Å². The Labute approximate surface area is 150 Å². The summed E-state index contributed by atoms with van der Waals surface area (Å²) in [7, 11) is 0. The van der Waals surface area contributed by atoms with Crippen LogP contribution in [0.25, 0.3) is 33.5 Å². The van der Waals surface area contributed by atoms with Gasteiger partial charge in [0.25, 0.3) is 0 Å². The third-order valence-electron chi connectivity index (χ3n) is 4.13. The molecule has 0 spiro atoms. The molecule has 4 rings (SSSR count). The van der Waals surface area contributed by atoms with E-state index in [9.17, 15) is 0 Å². The Morgan fingerprint density at radius 1 is 0.720 bits per heavy atom. The molecule has 0 bridgehead atoms. The molecule has 0 aliphatic rings. The minimum absolute atomic E-state index is 1.000. The Hall–Kier alpha value is -2.89. The van der Waals surface area contributed by atoms with Crippen LogP contribution in [-0.4, -0.2) is 15.2 Å². The minimum Gasteiger partial charge on any atom is -0.277 e. The van der Waals surface area contributed by atoms with Gasteiger partial charge in [0.15, 0.2) is 0 Å². The van der Waals surface area contributed by atoms with Crippen LogP contribution in [0, 0.1) is 0 Å². The molecule has 0 aliphatic heterocycles. The molecule has 0 saturated carbocycles. The molecule has 4 nitrogen and oxygen atoms in total. The van der Waals surface area contributed by atoms with Crippen molar-refractivity contribution in [3.8, 4) is 33.5 Å². The molecule has 0 saturated heterocycles. The fourth-order valence-corrected chi connectivity index (χ4v) is 3.11. The van der Waals surface area contributed by atoms with E-state index in [1.165, 1.54) is 23.1 Å². The van der Waals surface area contributed by atoms with E-state index in [-0.39, 0.29) is 0 Å². The topological polar surface area (TPSA) is 67.6 Å². The molecule has 0 fully saturated rings. The number of hydrogen-bond acceptors (Lipinski definition) is 4. The molecule has 0 radical (unpaired) electrons. The van der Waals surface area contributed by atoms with Gasteiger partial charge in [-0.05, 0) is 52.9 Å². The van der Waals surface area contributed by atoms with Crippen LogP contribution in [0.15, 0.2) is 84.1 Å². The first-order chi connectivity index (χ1) is 12.3. The standard InChI is InChI=1S/C20H16N4S/c21-25-18-7-5-15(6-8-18)14-1-3-16(4-2-14)19-13-23-24-20(19)17-9-11-22-12-10-17/h1-13H,21H2,(H,23,24). The number of nitrogens with one attached hydrogen (secondary N) is 1. The van der Waals surface area contributed by atoms with Crippen LogP contribution in [-0.2, 0) is 0 Å². The van der Waals surface area contributed by atoms with Crippen LogP contribution >= 0.6 is 11.9 Å². The maximum Gasteiger partial charge on any atom is 0.0729 e. The fourth-order valence-electron chi connectivity index (χ4n) is 2.81. The maximum atomic E-state index is 5.58. The predicted octanol–water partition coefficient (Wildman–Crippen LogP) is 4.77. The summed E-state index contributed by atoms with van der Waals surface area (Å²) in [6.07, 6.45) is 5.43. The normalized spacial score (nSPS) is 10.8. The third-order valence-corrected chi connectivity index (χ3v) is 4.67. The lowest BCUT2D eigenvalue weighted by molar-refractivity contribution is 1.09. The van der Waals surface area contributed by atoms with Crippen LogP contribution in [0.1, 0.15) is 0 Å². The van der Waals surface area contributed by atoms with Crippen molar-refractivity contribution in [2.75, 3.05) is 0 Å². The van der Waals surface area contributed by atoms with E-state index in [2.05, 4.69) is 51.6 Å². The van der Waals surface area contributed by atoms with Crippen molar-refractivity contribution in [2.45, 2.75) is 4.90 Å². The number of aromatic amines is 1. The van der Waals surface area contributed by atoms with Crippen molar-refractivity contribution in [1.82, 2.24) is 15.2 Å². The molecule has 0 atom stereocenters. The second kappa shape index (κ2) is 6.93. The summed E-state index contributed by atoms with van der Waals surface area (Å²) in [5.41, 5.74) is 6.61. The molecule has 3 N–H and O–H groups in total. The van der Waals surface area contributed by atoms with E-state index in [1.54, 1.807) is 12.4 Å². The molecule has 0 amide bonds. The van der Waals surface area contributed by atoms with Gasteiger partial charge in [-0.15, -0.1) is 0 Å². The average molecular weight is 344 g/mol. The van der Waals surface area contributed by atoms with Crippen molar-refractivity contribution in [1.29, 1.82) is 0 Å². The van der Waals surface area contributed by atoms with E-state index in [1.807, 2.05) is 30.5 Å². The Kier molecular flexibility index (Phi) is 4.33. The molecule has 0 unspecified atom stereocenters. The van der Waals surface area contributed by atoms with Crippen molar-refractivity contribution in [3.63, 3.8) is 0 Å². The number of nitrogens with two attached hydrogens (primary N) is 1. The Balaban J connectivity index is 1.66. The summed E-state index contributed by atoms with van der Waals surface area (Å²) in [6, 6.07) is 20.7. The minimum atomic E-state index is 1.000. The molecule has 5 heteroatoms. The van der Waals surface area contributed by atoms with Gasteiger partial charge < -0.3 is 0 Å². The van der Waals surface area contributed by atoms with Crippen LogP contribution in [0.4, 0.5) is 0 Å². The number of nitrogens with zero attached hydrogens (tertiary/aromatic N) is 2. The molecule has 25 heavy (non-hydrogen) atoms. The number of rotatable bonds is 4. The zero-order valence-corrected chi connectivity index (χ0v) is 14.2. The van der Waals surface area contributed by atoms with Crippen molar-refractivity contribution in [3.05, 3.63) is 79.3 Å². The maximum absolute atomic E-state index is 5.58. The summed E-state index contributed by atoms with van der Waals surface area (Å²) in [4.78, 5) is 5.13. The van der Waals surface area contributed by atoms with E-state index in [4.69, 9.17) is 5.14 Å². The van der Waals surface area contributed by atoms with E-state index in [0.29, 0.717) is 0 Å². The van der Waals surface area contributed by atoms with Crippen molar-refractivity contribution in [2.24, 2.45) is 5.14 Å². The van der Waals surface area contributed by atoms with Crippen molar-refractivity contribution >= 4 is 11.9 Å². The van der Waals surface area contributed by atoms with Crippen LogP contribution in [0.3, 0.4) is 0 Å². The zero-order chi connectivity index (χ0) is 17.1. The lowest BCUT2D eigenvalue weighted by Crippen LogP contribution is -1.84. The van der Waals surface area contributed by atoms with Gasteiger partial charge >= 0.3 is 0 Å². The molecule has 2 aromatic carbocycles. The lowest BCUT2D eigenvalue weighted by Gasteiger charge is -2.06. The molecule has 0 aliphatic carbocycles. The van der Waals surface area contributed by atoms with E-state index in [0.717, 1.165) is 27.3 Å². The average Bonchev–Trinajstić information content (AvgIpc) is 3.19. The first kappa shape index (κ1) is 15.6. The molecule has 122 valence electrons. The van der Waals surface area contributed by atoms with Gasteiger partial charge in [0.1, 0.15) is 0 Å². The largest absolute Gasteiger partial charge is 0.277 e. The van der Waals surface area contributed by atoms with Crippen LogP contribution < -0.4 is 5.14 Å². The number of hydrogen-bond donors (Lipinski definition) is 2. The van der Waals surface area contributed by atoms with E-state index < -0.39 is 0 Å². The first-order valence-corrected chi connectivity index (χ1v) is 8.74. The van der Waals surface area contributed by atoms with Crippen LogP contribution in [0.5, 0.6) is 0 Å². The van der Waals surface area contributed by atoms with Crippen molar-refractivity contribution < 1.29 is 0 Å². The molecule has 2 heterocycles. The summed E-state index contributed by atoms with van der Waals surface area (Å²) in [5, 5.41) is 12.9. The smallest absolute Gasteiger partial charge is 0.0729 e. The number of benzene rings is 2. The quantitative estimate of drug-likeness (QED) is 0.523. The highest BCUT2D eigenvalue weighted by molar-refractivity contribution is 7.97. The number of aromatic nitrogens is 3. The second-order valence-corrected chi connectivity index (χ2v) is 6.32. The summed E-state index contributed by atoms with van der Waals surface area (Å²) < 4.78 is 0. The molecular weight excluding hydrogens is 328 g/mol. The summed E-state index contributed by atoms with van der Waals surface area (Å²) in [5.74, 6) is 0. The first-order valence-electron chi connectivity index (χ1n) is 7.86. The van der Waals surface area contributed by atoms with Gasteiger partial charge in [-0.3, -0.25) is 15.2 Å². The summed E-state index contributed by atoms with van der Waals surface area (Å²) >= 11 is 1.26.